The fourth-order valence-corrected chi connectivity index (χ4v) is 7.13. The fraction of sp³-hybridized carbons (Fsp3) is 0.156. The van der Waals surface area contributed by atoms with Crippen LogP contribution < -0.4 is 4.74 Å². The number of hydrogen-bond acceptors (Lipinski definition) is 4. The first-order chi connectivity index (χ1) is 19.0. The van der Waals surface area contributed by atoms with E-state index in [4.69, 9.17) is 4.74 Å². The monoisotopic (exact) mass is 640 g/mol. The van der Waals surface area contributed by atoms with Crippen molar-refractivity contribution in [2.75, 3.05) is 0 Å². The Bertz CT molecular complexity index is 1550. The minimum atomic E-state index is -0.439. The van der Waals surface area contributed by atoms with E-state index in [0.717, 1.165) is 47.3 Å². The van der Waals surface area contributed by atoms with Crippen molar-refractivity contribution in [1.29, 1.82) is 0 Å². The number of amides is 2. The van der Waals surface area contributed by atoms with Gasteiger partial charge in [-0.3, -0.25) is 9.59 Å². The average Bonchev–Trinajstić information content (AvgIpc) is 3.21. The number of imide groups is 1. The molecule has 0 spiro atoms. The van der Waals surface area contributed by atoms with Gasteiger partial charge < -0.3 is 4.74 Å². The second-order valence-corrected chi connectivity index (χ2v) is 11.9. The molecule has 0 N–H and O–H groups in total. The molecule has 1 heterocycles. The Morgan fingerprint density at radius 2 is 1.28 bits per heavy atom. The van der Waals surface area contributed by atoms with Crippen LogP contribution in [0.2, 0.25) is 0 Å². The molecule has 0 radical (unpaired) electrons. The van der Waals surface area contributed by atoms with Gasteiger partial charge in [0.25, 0.3) is 11.8 Å². The van der Waals surface area contributed by atoms with E-state index in [2.05, 4.69) is 61.2 Å². The zero-order valence-corrected chi connectivity index (χ0v) is 23.8. The largest absolute Gasteiger partial charge is 0.488 e. The van der Waals surface area contributed by atoms with E-state index < -0.39 is 11.8 Å². The van der Waals surface area contributed by atoms with Crippen LogP contribution in [0.15, 0.2) is 105 Å². The van der Waals surface area contributed by atoms with Crippen LogP contribution in [0, 0.1) is 11.8 Å². The minimum absolute atomic E-state index is 0.139. The lowest BCUT2D eigenvalue weighted by atomic mass is 9.55. The maximum absolute atomic E-state index is 13.7. The third kappa shape index (κ3) is 3.98. The number of nitrogens with zero attached hydrogens (tertiary/aromatic N) is 2. The Labute approximate surface area is 242 Å². The van der Waals surface area contributed by atoms with Crippen LogP contribution in [0.5, 0.6) is 5.75 Å². The van der Waals surface area contributed by atoms with Gasteiger partial charge in [0.2, 0.25) is 0 Å². The van der Waals surface area contributed by atoms with Gasteiger partial charge in [0, 0.05) is 16.3 Å². The number of hydrogen-bond donors (Lipinski definition) is 0. The molecule has 2 bridgehead atoms. The molecule has 4 aromatic rings. The molecule has 5 nitrogen and oxygen atoms in total. The van der Waals surface area contributed by atoms with Crippen LogP contribution in [0.4, 0.5) is 0 Å². The van der Waals surface area contributed by atoms with Gasteiger partial charge in [0.1, 0.15) is 12.4 Å². The Kier molecular flexibility index (Phi) is 6.01. The summed E-state index contributed by atoms with van der Waals surface area (Å²) < 4.78 is 7.75. The lowest BCUT2D eigenvalue weighted by Gasteiger charge is -2.45. The summed E-state index contributed by atoms with van der Waals surface area (Å²) in [4.78, 5) is 27.4. The highest BCUT2D eigenvalue weighted by molar-refractivity contribution is 9.10. The molecule has 0 aromatic heterocycles. The number of ether oxygens (including phenoxy) is 1. The molecule has 4 aliphatic rings. The van der Waals surface area contributed by atoms with E-state index in [1.807, 2.05) is 66.7 Å². The van der Waals surface area contributed by atoms with E-state index in [1.165, 1.54) is 0 Å². The standard InChI is InChI=1S/C32H22Br2N2O3/c33-20-12-9-18(10-13-20)17-39-26-14-11-19(15-25(26)34)16-35-36-31(37)29-27-21-5-1-2-6-22(21)28(30(29)32(36)38)24-8-4-3-7-23(24)27/h1-16,27-30H,17H2/b35-16-/t27?,28?,29-,30+. The van der Waals surface area contributed by atoms with Crippen LogP contribution in [0.25, 0.3) is 0 Å². The molecule has 192 valence electrons. The molecule has 4 aromatic carbocycles. The van der Waals surface area contributed by atoms with Crippen LogP contribution in [-0.2, 0) is 16.2 Å². The molecule has 0 unspecified atom stereocenters. The number of benzene rings is 4. The van der Waals surface area contributed by atoms with Gasteiger partial charge in [-0.25, -0.2) is 0 Å². The average molecular weight is 642 g/mol. The third-order valence-electron chi connectivity index (χ3n) is 8.01. The number of carbonyl (C=O) groups excluding carboxylic acids is 2. The van der Waals surface area contributed by atoms with Crippen molar-refractivity contribution in [1.82, 2.24) is 5.01 Å². The van der Waals surface area contributed by atoms with Crippen molar-refractivity contribution in [3.05, 3.63) is 133 Å². The minimum Gasteiger partial charge on any atom is -0.488 e. The predicted octanol–water partition coefficient (Wildman–Crippen LogP) is 7.02. The fourth-order valence-electron chi connectivity index (χ4n) is 6.36. The summed E-state index contributed by atoms with van der Waals surface area (Å²) in [5.74, 6) is -0.916. The molecule has 3 aliphatic carbocycles. The van der Waals surface area contributed by atoms with E-state index >= 15 is 0 Å². The molecule has 1 aliphatic heterocycles. The van der Waals surface area contributed by atoms with Crippen molar-refractivity contribution in [2.45, 2.75) is 18.4 Å². The van der Waals surface area contributed by atoms with E-state index in [9.17, 15) is 9.59 Å². The van der Waals surface area contributed by atoms with Gasteiger partial charge in [0.15, 0.2) is 0 Å². The summed E-state index contributed by atoms with van der Waals surface area (Å²) >= 11 is 7.02. The predicted molar refractivity (Wildman–Crippen MR) is 156 cm³/mol. The van der Waals surface area contributed by atoms with Gasteiger partial charge >= 0.3 is 0 Å². The first-order valence-corrected chi connectivity index (χ1v) is 14.4. The Balaban J connectivity index is 1.14. The molecule has 7 heteroatoms. The summed E-state index contributed by atoms with van der Waals surface area (Å²) in [6, 6.07) is 30.0. The van der Waals surface area contributed by atoms with Gasteiger partial charge in [-0.1, -0.05) is 76.6 Å². The SMILES string of the molecule is O=C1[C@@H]2C3c4ccccc4C(c4ccccc43)[C@@H]2C(=O)N1/N=C\c1ccc(OCc2ccc(Br)cc2)c(Br)c1. The van der Waals surface area contributed by atoms with Crippen molar-refractivity contribution in [2.24, 2.45) is 16.9 Å². The van der Waals surface area contributed by atoms with Crippen molar-refractivity contribution < 1.29 is 14.3 Å². The summed E-state index contributed by atoms with van der Waals surface area (Å²) in [6.45, 7) is 0.436. The van der Waals surface area contributed by atoms with Crippen molar-refractivity contribution in [3.63, 3.8) is 0 Å². The number of halogens is 2. The normalized spacial score (nSPS) is 22.7. The molecular weight excluding hydrogens is 620 g/mol. The quantitative estimate of drug-likeness (QED) is 0.174. The molecule has 1 saturated heterocycles. The van der Waals surface area contributed by atoms with Gasteiger partial charge in [0.05, 0.1) is 22.5 Å². The van der Waals surface area contributed by atoms with Crippen molar-refractivity contribution in [3.8, 4) is 5.75 Å². The van der Waals surface area contributed by atoms with Crippen LogP contribution >= 0.6 is 31.9 Å². The molecular formula is C32H22Br2N2O3. The first-order valence-electron chi connectivity index (χ1n) is 12.8. The van der Waals surface area contributed by atoms with E-state index in [0.29, 0.717) is 12.4 Å². The van der Waals surface area contributed by atoms with Gasteiger partial charge in [-0.15, -0.1) is 0 Å². The summed E-state index contributed by atoms with van der Waals surface area (Å²) in [5, 5.41) is 5.51. The zero-order chi connectivity index (χ0) is 26.7. The smallest absolute Gasteiger partial charge is 0.254 e. The number of rotatable bonds is 5. The lowest BCUT2D eigenvalue weighted by Crippen LogP contribution is -2.41. The van der Waals surface area contributed by atoms with E-state index in [-0.39, 0.29) is 23.7 Å². The van der Waals surface area contributed by atoms with Crippen LogP contribution in [0.1, 0.15) is 45.2 Å². The number of hydrazone groups is 1. The third-order valence-corrected chi connectivity index (χ3v) is 9.16. The molecule has 8 rings (SSSR count). The first kappa shape index (κ1) is 24.5. The van der Waals surface area contributed by atoms with E-state index in [1.54, 1.807) is 6.21 Å². The highest BCUT2D eigenvalue weighted by Crippen LogP contribution is 2.60. The topological polar surface area (TPSA) is 59.0 Å². The second kappa shape index (κ2) is 9.57. The van der Waals surface area contributed by atoms with Gasteiger partial charge in [-0.2, -0.15) is 10.1 Å². The maximum Gasteiger partial charge on any atom is 0.254 e. The summed E-state index contributed by atoms with van der Waals surface area (Å²) in [7, 11) is 0. The zero-order valence-electron chi connectivity index (χ0n) is 20.6. The maximum atomic E-state index is 13.7. The summed E-state index contributed by atoms with van der Waals surface area (Å²) in [5.41, 5.74) is 6.41. The van der Waals surface area contributed by atoms with Crippen molar-refractivity contribution >= 4 is 49.9 Å². The van der Waals surface area contributed by atoms with Crippen LogP contribution in [0.3, 0.4) is 0 Å². The highest BCUT2D eigenvalue weighted by Gasteiger charge is 2.61. The van der Waals surface area contributed by atoms with Crippen LogP contribution in [-0.4, -0.2) is 23.0 Å². The number of carbonyl (C=O) groups is 2. The molecule has 2 atom stereocenters. The lowest BCUT2D eigenvalue weighted by molar-refractivity contribution is -0.139. The molecule has 0 saturated carbocycles. The summed E-state index contributed by atoms with van der Waals surface area (Å²) in [6.07, 6.45) is 1.57. The second-order valence-electron chi connectivity index (χ2n) is 10.1. The molecule has 1 fully saturated rings. The Morgan fingerprint density at radius 1 is 0.744 bits per heavy atom. The molecule has 2 amide bonds. The highest BCUT2D eigenvalue weighted by atomic mass is 79.9. The van der Waals surface area contributed by atoms with Gasteiger partial charge in [-0.05, 0) is 79.6 Å². The Morgan fingerprint density at radius 3 is 1.79 bits per heavy atom. The molecule has 39 heavy (non-hydrogen) atoms. The Hall–Kier alpha value is -3.55.